The van der Waals surface area contributed by atoms with E-state index in [-0.39, 0.29) is 29.1 Å². The van der Waals surface area contributed by atoms with Crippen LogP contribution in [0.1, 0.15) is 42.7 Å². The molecule has 21 heavy (non-hydrogen) atoms. The van der Waals surface area contributed by atoms with E-state index in [4.69, 9.17) is 9.47 Å². The lowest BCUT2D eigenvalue weighted by atomic mass is 9.57. The number of H-pyrrole nitrogens is 1. The normalized spacial score (nSPS) is 30.1. The predicted molar refractivity (Wildman–Crippen MR) is 77.2 cm³/mol. The smallest absolute Gasteiger partial charge is 0.344 e. The first-order valence-corrected chi connectivity index (χ1v) is 7.44. The minimum absolute atomic E-state index is 0.0663. The van der Waals surface area contributed by atoms with Gasteiger partial charge in [-0.05, 0) is 31.9 Å². The third-order valence-corrected chi connectivity index (χ3v) is 4.73. The van der Waals surface area contributed by atoms with Gasteiger partial charge in [0, 0.05) is 23.6 Å². The lowest BCUT2D eigenvalue weighted by molar-refractivity contribution is -0.243. The van der Waals surface area contributed by atoms with Crippen LogP contribution in [0, 0.1) is 18.3 Å². The summed E-state index contributed by atoms with van der Waals surface area (Å²) in [4.78, 5) is 26.7. The molecule has 1 aliphatic carbocycles. The van der Waals surface area contributed by atoms with Gasteiger partial charge in [-0.2, -0.15) is 0 Å². The van der Waals surface area contributed by atoms with Gasteiger partial charge >= 0.3 is 5.97 Å². The minimum atomic E-state index is -0.543. The highest BCUT2D eigenvalue weighted by molar-refractivity contribution is 5.89. The SMILES string of the molecule is Cc1ccc(C(=O)O[C@@H]2[C@H]3CCCO[C@H]3C2(C)C)c(=O)[nH]1. The summed E-state index contributed by atoms with van der Waals surface area (Å²) < 4.78 is 11.4. The van der Waals surface area contributed by atoms with Crippen LogP contribution < -0.4 is 5.56 Å². The highest BCUT2D eigenvalue weighted by Gasteiger charge is 2.60. The van der Waals surface area contributed by atoms with E-state index in [9.17, 15) is 9.59 Å². The summed E-state index contributed by atoms with van der Waals surface area (Å²) in [7, 11) is 0. The quantitative estimate of drug-likeness (QED) is 0.847. The molecule has 5 nitrogen and oxygen atoms in total. The summed E-state index contributed by atoms with van der Waals surface area (Å²) in [6, 6.07) is 3.23. The van der Waals surface area contributed by atoms with E-state index < -0.39 is 11.5 Å². The first-order chi connectivity index (χ1) is 9.91. The highest BCUT2D eigenvalue weighted by atomic mass is 16.6. The molecule has 5 heteroatoms. The topological polar surface area (TPSA) is 68.4 Å². The van der Waals surface area contributed by atoms with Crippen molar-refractivity contribution in [2.75, 3.05) is 6.61 Å². The van der Waals surface area contributed by atoms with Crippen LogP contribution in [0.15, 0.2) is 16.9 Å². The summed E-state index contributed by atoms with van der Waals surface area (Å²) in [5.41, 5.74) is 0.199. The van der Waals surface area contributed by atoms with Gasteiger partial charge in [0.15, 0.2) is 0 Å². The molecule has 0 radical (unpaired) electrons. The van der Waals surface area contributed by atoms with Gasteiger partial charge in [-0.25, -0.2) is 4.79 Å². The Morgan fingerprint density at radius 1 is 1.43 bits per heavy atom. The highest BCUT2D eigenvalue weighted by Crippen LogP contribution is 2.53. The maximum Gasteiger partial charge on any atom is 0.344 e. The molecule has 3 rings (SSSR count). The van der Waals surface area contributed by atoms with Crippen LogP contribution >= 0.6 is 0 Å². The van der Waals surface area contributed by atoms with E-state index in [0.717, 1.165) is 25.1 Å². The van der Waals surface area contributed by atoms with E-state index in [1.165, 1.54) is 6.07 Å². The number of aryl methyl sites for hydroxylation is 1. The average Bonchev–Trinajstić information content (AvgIpc) is 2.44. The van der Waals surface area contributed by atoms with E-state index in [1.54, 1.807) is 13.0 Å². The number of carbonyl (C=O) groups excluding carboxylic acids is 1. The Morgan fingerprint density at radius 2 is 2.19 bits per heavy atom. The van der Waals surface area contributed by atoms with Gasteiger partial charge in [0.05, 0.1) is 6.10 Å². The second-order valence-electron chi connectivity index (χ2n) is 6.63. The van der Waals surface area contributed by atoms with Crippen molar-refractivity contribution in [2.24, 2.45) is 11.3 Å². The molecule has 1 aromatic rings. The van der Waals surface area contributed by atoms with Gasteiger partial charge in [-0.15, -0.1) is 0 Å². The molecule has 3 atom stereocenters. The van der Waals surface area contributed by atoms with E-state index in [2.05, 4.69) is 18.8 Å². The first kappa shape index (κ1) is 14.3. The number of hydrogen-bond donors (Lipinski definition) is 1. The molecule has 114 valence electrons. The fraction of sp³-hybridized carbons (Fsp3) is 0.625. The van der Waals surface area contributed by atoms with Crippen molar-refractivity contribution in [3.8, 4) is 0 Å². The molecule has 2 fully saturated rings. The molecule has 2 heterocycles. The maximum atomic E-state index is 12.3. The number of hydrogen-bond acceptors (Lipinski definition) is 4. The molecule has 0 spiro atoms. The van der Waals surface area contributed by atoms with Crippen molar-refractivity contribution < 1.29 is 14.3 Å². The summed E-state index contributed by atoms with van der Waals surface area (Å²) in [5, 5.41) is 0. The number of esters is 1. The summed E-state index contributed by atoms with van der Waals surface area (Å²) in [5.74, 6) is -0.291. The molecule has 1 saturated carbocycles. The molecular weight excluding hydrogens is 270 g/mol. The number of aromatic amines is 1. The third kappa shape index (κ3) is 2.29. The van der Waals surface area contributed by atoms with Crippen molar-refractivity contribution in [1.82, 2.24) is 4.98 Å². The van der Waals surface area contributed by atoms with Crippen molar-refractivity contribution in [2.45, 2.75) is 45.8 Å². The van der Waals surface area contributed by atoms with Crippen LogP contribution in [0.3, 0.4) is 0 Å². The van der Waals surface area contributed by atoms with Crippen LogP contribution in [-0.2, 0) is 9.47 Å². The molecule has 0 amide bonds. The molecule has 1 N–H and O–H groups in total. The second-order valence-corrected chi connectivity index (χ2v) is 6.63. The van der Waals surface area contributed by atoms with Crippen LogP contribution in [0.5, 0.6) is 0 Å². The van der Waals surface area contributed by atoms with Gasteiger partial charge in [0.1, 0.15) is 11.7 Å². The molecule has 1 saturated heterocycles. The molecule has 1 aromatic heterocycles. The van der Waals surface area contributed by atoms with Crippen molar-refractivity contribution in [3.63, 3.8) is 0 Å². The van der Waals surface area contributed by atoms with E-state index in [1.807, 2.05) is 0 Å². The fourth-order valence-corrected chi connectivity index (χ4v) is 3.63. The molecule has 2 aliphatic rings. The number of nitrogens with one attached hydrogen (secondary N) is 1. The number of carbonyl (C=O) groups is 1. The Balaban J connectivity index is 1.77. The van der Waals surface area contributed by atoms with Gasteiger partial charge < -0.3 is 14.5 Å². The zero-order valence-corrected chi connectivity index (χ0v) is 12.6. The number of fused-ring (bicyclic) bond motifs is 1. The Morgan fingerprint density at radius 3 is 2.90 bits per heavy atom. The molecular formula is C16H21NO4. The number of ether oxygens (including phenoxy) is 2. The van der Waals surface area contributed by atoms with Crippen LogP contribution in [0.2, 0.25) is 0 Å². The second kappa shape index (κ2) is 4.98. The minimum Gasteiger partial charge on any atom is -0.458 e. The standard InChI is InChI=1S/C16H21NO4/c1-9-6-7-11(14(18)17-9)15(19)21-13-10-5-4-8-20-12(10)16(13,2)3/h6-7,10,12-13H,4-5,8H2,1-3H3,(H,17,18)/t10-,12+,13+/m0/s1. The summed E-state index contributed by atoms with van der Waals surface area (Å²) >= 11 is 0. The van der Waals surface area contributed by atoms with E-state index in [0.29, 0.717) is 0 Å². The predicted octanol–water partition coefficient (Wildman–Crippen LogP) is 2.04. The Bertz CT molecular complexity index is 619. The number of aromatic nitrogens is 1. The summed E-state index contributed by atoms with van der Waals surface area (Å²) in [6.07, 6.45) is 1.98. The molecule has 0 bridgehead atoms. The first-order valence-electron chi connectivity index (χ1n) is 7.44. The zero-order valence-electron chi connectivity index (χ0n) is 12.6. The molecule has 0 aromatic carbocycles. The molecule has 0 unspecified atom stereocenters. The van der Waals surface area contributed by atoms with Gasteiger partial charge in [0.25, 0.3) is 5.56 Å². The Kier molecular flexibility index (Phi) is 3.40. The Hall–Kier alpha value is -1.62. The van der Waals surface area contributed by atoms with Gasteiger partial charge in [0.2, 0.25) is 0 Å². The van der Waals surface area contributed by atoms with Crippen LogP contribution in [0.4, 0.5) is 0 Å². The van der Waals surface area contributed by atoms with Crippen LogP contribution in [-0.4, -0.2) is 29.8 Å². The fourth-order valence-electron chi connectivity index (χ4n) is 3.63. The van der Waals surface area contributed by atoms with Gasteiger partial charge in [-0.3, -0.25) is 4.79 Å². The third-order valence-electron chi connectivity index (χ3n) is 4.73. The Labute approximate surface area is 123 Å². The van der Waals surface area contributed by atoms with Crippen LogP contribution in [0.25, 0.3) is 0 Å². The number of rotatable bonds is 2. The molecule has 1 aliphatic heterocycles. The largest absolute Gasteiger partial charge is 0.458 e. The van der Waals surface area contributed by atoms with Crippen molar-refractivity contribution in [3.05, 3.63) is 33.7 Å². The van der Waals surface area contributed by atoms with Crippen molar-refractivity contribution in [1.29, 1.82) is 0 Å². The monoisotopic (exact) mass is 291 g/mol. The zero-order chi connectivity index (χ0) is 15.2. The van der Waals surface area contributed by atoms with Gasteiger partial charge in [-0.1, -0.05) is 13.8 Å². The number of pyridine rings is 1. The van der Waals surface area contributed by atoms with E-state index >= 15 is 0 Å². The average molecular weight is 291 g/mol. The van der Waals surface area contributed by atoms with Crippen molar-refractivity contribution >= 4 is 5.97 Å². The lowest BCUT2D eigenvalue weighted by Crippen LogP contribution is -2.65. The summed E-state index contributed by atoms with van der Waals surface area (Å²) in [6.45, 7) is 6.66. The lowest BCUT2D eigenvalue weighted by Gasteiger charge is -2.58. The maximum absolute atomic E-state index is 12.3.